The topological polar surface area (TPSA) is 219 Å². The van der Waals surface area contributed by atoms with E-state index in [9.17, 15) is 38.4 Å². The number of ether oxygens (including phenoxy) is 3. The Morgan fingerprint density at radius 3 is 1.40 bits per heavy atom. The first-order chi connectivity index (χ1) is 27.6. The number of imide groups is 2. The quantitative estimate of drug-likeness (QED) is 0.104. The largest absolute Gasteiger partial charge is 0.377 e. The molecule has 8 amide bonds. The van der Waals surface area contributed by atoms with Gasteiger partial charge in [-0.05, 0) is 60.1 Å². The standard InChI is InChI=1S/C40H48N6O11/c47-33(11-7-25-3-1-5-27-29(25)23-45(39(27)53)31-9-13-35(49)43-37(31)51)41-15-17-55-19-21-57-22-20-56-18-16-42-34(48)12-8-26-4-2-6-28-30(26)24-46(40(28)54)32-10-14-36(50)44-38(32)52/h1-6,31-32H,7-24H2,(H,41,47)(H,42,48)(H,43,49,51)(H,44,50,52). The number of carbonyl (C=O) groups excluding carboxylic acids is 8. The molecule has 0 saturated carbocycles. The van der Waals surface area contributed by atoms with Gasteiger partial charge in [0.2, 0.25) is 35.4 Å². The Labute approximate surface area is 329 Å². The molecule has 4 heterocycles. The van der Waals surface area contributed by atoms with Gasteiger partial charge < -0.3 is 34.6 Å². The van der Waals surface area contributed by atoms with Crippen LogP contribution in [-0.2, 0) is 68.9 Å². The van der Waals surface area contributed by atoms with Gasteiger partial charge in [-0.3, -0.25) is 49.0 Å². The van der Waals surface area contributed by atoms with E-state index in [4.69, 9.17) is 14.2 Å². The predicted molar refractivity (Wildman–Crippen MR) is 200 cm³/mol. The summed E-state index contributed by atoms with van der Waals surface area (Å²) in [6, 6.07) is 9.38. The molecular formula is C40H48N6O11. The number of aryl methyl sites for hydroxylation is 2. The maximum absolute atomic E-state index is 13.0. The van der Waals surface area contributed by atoms with Crippen molar-refractivity contribution >= 4 is 47.3 Å². The van der Waals surface area contributed by atoms with Crippen LogP contribution in [0.15, 0.2) is 36.4 Å². The van der Waals surface area contributed by atoms with Gasteiger partial charge in [-0.15, -0.1) is 0 Å². The molecule has 2 aromatic carbocycles. The zero-order valence-corrected chi connectivity index (χ0v) is 31.7. The van der Waals surface area contributed by atoms with Crippen LogP contribution in [0.4, 0.5) is 0 Å². The van der Waals surface area contributed by atoms with E-state index in [-0.39, 0.29) is 74.2 Å². The van der Waals surface area contributed by atoms with Crippen LogP contribution in [0.1, 0.15) is 81.5 Å². The fourth-order valence-corrected chi connectivity index (χ4v) is 7.51. The van der Waals surface area contributed by atoms with Crippen molar-refractivity contribution in [2.75, 3.05) is 52.7 Å². The van der Waals surface area contributed by atoms with Crippen molar-refractivity contribution in [1.29, 1.82) is 0 Å². The van der Waals surface area contributed by atoms with Crippen molar-refractivity contribution in [3.63, 3.8) is 0 Å². The van der Waals surface area contributed by atoms with E-state index in [0.717, 1.165) is 22.3 Å². The Morgan fingerprint density at radius 1 is 0.596 bits per heavy atom. The second-order valence-corrected chi connectivity index (χ2v) is 14.2. The Hall–Kier alpha value is -5.52. The number of nitrogens with one attached hydrogen (secondary N) is 4. The van der Waals surface area contributed by atoms with Crippen molar-refractivity contribution in [2.24, 2.45) is 0 Å². The zero-order chi connectivity index (χ0) is 40.3. The highest BCUT2D eigenvalue weighted by Gasteiger charge is 2.41. The Kier molecular flexibility index (Phi) is 14.1. The van der Waals surface area contributed by atoms with E-state index in [0.29, 0.717) is 89.5 Å². The van der Waals surface area contributed by atoms with Crippen molar-refractivity contribution in [2.45, 2.75) is 76.5 Å². The second kappa shape index (κ2) is 19.6. The lowest BCUT2D eigenvalue weighted by Crippen LogP contribution is -2.52. The van der Waals surface area contributed by atoms with Gasteiger partial charge in [-0.25, -0.2) is 0 Å². The molecule has 304 valence electrons. The molecular weight excluding hydrogens is 740 g/mol. The highest BCUT2D eigenvalue weighted by atomic mass is 16.5. The van der Waals surface area contributed by atoms with Crippen molar-refractivity contribution in [3.05, 3.63) is 69.8 Å². The highest BCUT2D eigenvalue weighted by molar-refractivity contribution is 6.06. The molecule has 17 heteroatoms. The number of hydrogen-bond donors (Lipinski definition) is 4. The third-order valence-corrected chi connectivity index (χ3v) is 10.5. The van der Waals surface area contributed by atoms with Crippen LogP contribution < -0.4 is 21.3 Å². The molecule has 57 heavy (non-hydrogen) atoms. The molecule has 0 aromatic heterocycles. The van der Waals surface area contributed by atoms with E-state index in [1.54, 1.807) is 24.3 Å². The molecule has 2 saturated heterocycles. The number of piperidine rings is 2. The summed E-state index contributed by atoms with van der Waals surface area (Å²) in [4.78, 5) is 102. The monoisotopic (exact) mass is 788 g/mol. The van der Waals surface area contributed by atoms with Crippen molar-refractivity contribution < 1.29 is 52.6 Å². The smallest absolute Gasteiger partial charge is 0.255 e. The van der Waals surface area contributed by atoms with Gasteiger partial charge in [0.05, 0.1) is 39.6 Å². The summed E-state index contributed by atoms with van der Waals surface area (Å²) in [5.41, 5.74) is 4.41. The van der Waals surface area contributed by atoms with Gasteiger partial charge in [0, 0.05) is 63.0 Å². The summed E-state index contributed by atoms with van der Waals surface area (Å²) in [7, 11) is 0. The summed E-state index contributed by atoms with van der Waals surface area (Å²) < 4.78 is 16.6. The lowest BCUT2D eigenvalue weighted by molar-refractivity contribution is -0.138. The van der Waals surface area contributed by atoms with Gasteiger partial charge >= 0.3 is 0 Å². The summed E-state index contributed by atoms with van der Waals surface area (Å²) in [5.74, 6) is -2.37. The molecule has 4 aliphatic rings. The number of hydrogen-bond acceptors (Lipinski definition) is 11. The summed E-state index contributed by atoms with van der Waals surface area (Å²) in [6.07, 6.45) is 2.28. The Balaban J connectivity index is 0.759. The minimum atomic E-state index is -0.688. The molecule has 2 atom stereocenters. The molecule has 2 aromatic rings. The summed E-state index contributed by atoms with van der Waals surface area (Å²) in [5, 5.41) is 10.3. The number of amides is 8. The number of fused-ring (bicyclic) bond motifs is 2. The van der Waals surface area contributed by atoms with Crippen molar-refractivity contribution in [1.82, 2.24) is 31.1 Å². The van der Waals surface area contributed by atoms with Gasteiger partial charge in [-0.1, -0.05) is 24.3 Å². The van der Waals surface area contributed by atoms with Crippen LogP contribution in [0.5, 0.6) is 0 Å². The Morgan fingerprint density at radius 2 is 1.00 bits per heavy atom. The number of nitrogens with zero attached hydrogens (tertiary/aromatic N) is 2. The maximum atomic E-state index is 13.0. The summed E-state index contributed by atoms with van der Waals surface area (Å²) >= 11 is 0. The SMILES string of the molecule is O=C(CCc1cccc2c1CN(C1CCC(=O)NC1=O)C2=O)NCCOCCOCCOCCNC(=O)CCc1cccc2c1CN(C1CCC(=O)NC1=O)C2=O. The number of carbonyl (C=O) groups is 8. The first kappa shape index (κ1) is 41.1. The van der Waals surface area contributed by atoms with Crippen LogP contribution in [0.3, 0.4) is 0 Å². The first-order valence-electron chi connectivity index (χ1n) is 19.4. The number of rotatable bonds is 20. The van der Waals surface area contributed by atoms with Crippen molar-refractivity contribution in [3.8, 4) is 0 Å². The van der Waals surface area contributed by atoms with E-state index >= 15 is 0 Å². The van der Waals surface area contributed by atoms with E-state index in [1.165, 1.54) is 9.80 Å². The lowest BCUT2D eigenvalue weighted by Gasteiger charge is -2.29. The third kappa shape index (κ3) is 10.5. The number of benzene rings is 2. The molecule has 0 spiro atoms. The zero-order valence-electron chi connectivity index (χ0n) is 31.7. The predicted octanol–water partition coefficient (Wildman–Crippen LogP) is 0.0562. The molecule has 2 fully saturated rings. The minimum absolute atomic E-state index is 0.149. The van der Waals surface area contributed by atoms with Gasteiger partial charge in [0.25, 0.3) is 11.8 Å². The van der Waals surface area contributed by atoms with Gasteiger partial charge in [0.15, 0.2) is 0 Å². The van der Waals surface area contributed by atoms with E-state index in [1.807, 2.05) is 12.1 Å². The molecule has 0 radical (unpaired) electrons. The maximum Gasteiger partial charge on any atom is 0.255 e. The highest BCUT2D eigenvalue weighted by Crippen LogP contribution is 2.32. The fourth-order valence-electron chi connectivity index (χ4n) is 7.51. The third-order valence-electron chi connectivity index (χ3n) is 10.5. The van der Waals surface area contributed by atoms with Crippen LogP contribution in [0.2, 0.25) is 0 Å². The summed E-state index contributed by atoms with van der Waals surface area (Å²) in [6.45, 7) is 3.20. The average Bonchev–Trinajstić information content (AvgIpc) is 3.71. The molecule has 2 unspecified atom stereocenters. The first-order valence-corrected chi connectivity index (χ1v) is 19.4. The Bertz CT molecular complexity index is 1770. The van der Waals surface area contributed by atoms with Crippen LogP contribution in [-0.4, -0.2) is 122 Å². The van der Waals surface area contributed by atoms with Gasteiger partial charge in [0.1, 0.15) is 12.1 Å². The molecule has 6 rings (SSSR count). The molecule has 0 aliphatic carbocycles. The average molecular weight is 789 g/mol. The lowest BCUT2D eigenvalue weighted by atomic mass is 9.99. The van der Waals surface area contributed by atoms with Gasteiger partial charge in [-0.2, -0.15) is 0 Å². The molecule has 4 N–H and O–H groups in total. The molecule has 0 bridgehead atoms. The van der Waals surface area contributed by atoms with E-state index < -0.39 is 23.9 Å². The molecule has 17 nitrogen and oxygen atoms in total. The fraction of sp³-hybridized carbons (Fsp3) is 0.500. The van der Waals surface area contributed by atoms with Crippen LogP contribution >= 0.6 is 0 Å². The normalized spacial score (nSPS) is 19.0. The van der Waals surface area contributed by atoms with Crippen LogP contribution in [0, 0.1) is 0 Å². The van der Waals surface area contributed by atoms with E-state index in [2.05, 4.69) is 21.3 Å². The molecule has 4 aliphatic heterocycles. The van der Waals surface area contributed by atoms with Crippen LogP contribution in [0.25, 0.3) is 0 Å². The minimum Gasteiger partial charge on any atom is -0.377 e. The second-order valence-electron chi connectivity index (χ2n) is 14.2.